The monoisotopic (exact) mass is 367 g/mol. The van der Waals surface area contributed by atoms with Crippen molar-refractivity contribution in [3.8, 4) is 0 Å². The third kappa shape index (κ3) is 4.25. The fraction of sp³-hybridized carbons (Fsp3) is 0.250. The van der Waals surface area contributed by atoms with E-state index >= 15 is 0 Å². The van der Waals surface area contributed by atoms with E-state index in [1.807, 2.05) is 24.3 Å². The van der Waals surface area contributed by atoms with Crippen molar-refractivity contribution in [1.29, 1.82) is 0 Å². The molecule has 3 rings (SSSR count). The van der Waals surface area contributed by atoms with Gasteiger partial charge in [-0.05, 0) is 49.2 Å². The summed E-state index contributed by atoms with van der Waals surface area (Å²) in [6.07, 6.45) is 1.38. The van der Waals surface area contributed by atoms with E-state index in [1.54, 1.807) is 0 Å². The number of hydrogen-bond donors (Lipinski definition) is 3. The number of amides is 2. The van der Waals surface area contributed by atoms with Gasteiger partial charge in [0.05, 0.1) is 16.9 Å². The molecule has 27 heavy (non-hydrogen) atoms. The number of carbonyl (C=O) groups is 3. The number of piperidine rings is 1. The predicted molar refractivity (Wildman–Crippen MR) is 102 cm³/mol. The molecule has 2 aromatic rings. The zero-order valence-electron chi connectivity index (χ0n) is 14.7. The van der Waals surface area contributed by atoms with Crippen LogP contribution in [0.5, 0.6) is 0 Å². The number of rotatable bonds is 5. The summed E-state index contributed by atoms with van der Waals surface area (Å²) in [5.74, 6) is -1.71. The molecular weight excluding hydrogens is 346 g/mol. The minimum atomic E-state index is -1.04. The van der Waals surface area contributed by atoms with Gasteiger partial charge in [0.1, 0.15) is 0 Å². The first-order valence-electron chi connectivity index (χ1n) is 8.73. The molecule has 1 saturated heterocycles. The van der Waals surface area contributed by atoms with Crippen LogP contribution in [0.15, 0.2) is 48.5 Å². The van der Waals surface area contributed by atoms with Gasteiger partial charge in [0, 0.05) is 24.6 Å². The van der Waals surface area contributed by atoms with Crippen molar-refractivity contribution in [1.82, 2.24) is 0 Å². The Labute approximate surface area is 156 Å². The van der Waals surface area contributed by atoms with Crippen molar-refractivity contribution < 1.29 is 19.5 Å². The zero-order valence-corrected chi connectivity index (χ0v) is 14.7. The number of carbonyl (C=O) groups excluding carboxylic acids is 2. The molecule has 0 saturated carbocycles. The van der Waals surface area contributed by atoms with Gasteiger partial charge in [-0.3, -0.25) is 9.59 Å². The van der Waals surface area contributed by atoms with Crippen molar-refractivity contribution in [3.63, 3.8) is 0 Å². The molecule has 1 heterocycles. The van der Waals surface area contributed by atoms with Crippen molar-refractivity contribution in [2.24, 2.45) is 11.7 Å². The van der Waals surface area contributed by atoms with Gasteiger partial charge >= 0.3 is 5.97 Å². The number of nitrogens with zero attached hydrogens (tertiary/aromatic N) is 1. The van der Waals surface area contributed by atoms with Crippen LogP contribution in [0.4, 0.5) is 11.4 Å². The van der Waals surface area contributed by atoms with Gasteiger partial charge in [0.2, 0.25) is 5.91 Å². The van der Waals surface area contributed by atoms with Crippen molar-refractivity contribution in [2.45, 2.75) is 12.8 Å². The summed E-state index contributed by atoms with van der Waals surface area (Å²) in [6, 6.07) is 13.2. The van der Waals surface area contributed by atoms with E-state index in [4.69, 9.17) is 10.8 Å². The van der Waals surface area contributed by atoms with Crippen LogP contribution in [-0.2, 0) is 4.79 Å². The Kier molecular flexibility index (Phi) is 5.40. The minimum Gasteiger partial charge on any atom is -0.478 e. The summed E-state index contributed by atoms with van der Waals surface area (Å²) in [5.41, 5.74) is 7.45. The third-order valence-corrected chi connectivity index (χ3v) is 4.78. The van der Waals surface area contributed by atoms with E-state index in [9.17, 15) is 14.4 Å². The molecule has 0 spiro atoms. The van der Waals surface area contributed by atoms with E-state index in [1.165, 1.54) is 24.3 Å². The number of benzene rings is 2. The molecule has 0 aliphatic carbocycles. The number of para-hydroxylation sites is 2. The lowest BCUT2D eigenvalue weighted by atomic mass is 9.96. The quantitative estimate of drug-likeness (QED) is 0.751. The van der Waals surface area contributed by atoms with Gasteiger partial charge in [0.15, 0.2) is 0 Å². The molecule has 0 radical (unpaired) electrons. The predicted octanol–water partition coefficient (Wildman–Crippen LogP) is 2.34. The molecular formula is C20H21N3O4. The molecule has 2 amide bonds. The molecule has 140 valence electrons. The Morgan fingerprint density at radius 1 is 0.963 bits per heavy atom. The van der Waals surface area contributed by atoms with E-state index in [0.29, 0.717) is 37.2 Å². The van der Waals surface area contributed by atoms with Crippen LogP contribution < -0.4 is 16.0 Å². The first kappa shape index (κ1) is 18.4. The van der Waals surface area contributed by atoms with E-state index in [-0.39, 0.29) is 23.3 Å². The maximum absolute atomic E-state index is 12.5. The van der Waals surface area contributed by atoms with Crippen molar-refractivity contribution in [3.05, 3.63) is 59.7 Å². The Hall–Kier alpha value is -3.35. The highest BCUT2D eigenvalue weighted by molar-refractivity contribution is 6.06. The van der Waals surface area contributed by atoms with Gasteiger partial charge in [0.25, 0.3) is 5.91 Å². The number of aromatic carboxylic acids is 1. The number of primary amides is 1. The first-order chi connectivity index (χ1) is 13.0. The first-order valence-corrected chi connectivity index (χ1v) is 8.73. The van der Waals surface area contributed by atoms with Gasteiger partial charge < -0.3 is 21.1 Å². The molecule has 1 aliphatic rings. The number of hydrogen-bond acceptors (Lipinski definition) is 4. The maximum Gasteiger partial charge on any atom is 0.335 e. The number of nitrogens with one attached hydrogen (secondary N) is 1. The second-order valence-electron chi connectivity index (χ2n) is 6.52. The second kappa shape index (κ2) is 7.90. The smallest absolute Gasteiger partial charge is 0.335 e. The Bertz CT molecular complexity index is 856. The summed E-state index contributed by atoms with van der Waals surface area (Å²) in [4.78, 5) is 36.9. The highest BCUT2D eigenvalue weighted by Gasteiger charge is 2.24. The SMILES string of the molecule is NC(=O)C1CCN(c2ccccc2NC(=O)c2ccc(C(=O)O)cc2)CC1. The molecule has 1 aliphatic heterocycles. The molecule has 0 atom stereocenters. The maximum atomic E-state index is 12.5. The molecule has 0 bridgehead atoms. The van der Waals surface area contributed by atoms with Gasteiger partial charge in [-0.1, -0.05) is 12.1 Å². The summed E-state index contributed by atoms with van der Waals surface area (Å²) < 4.78 is 0. The van der Waals surface area contributed by atoms with Crippen LogP contribution in [0, 0.1) is 5.92 Å². The summed E-state index contributed by atoms with van der Waals surface area (Å²) in [5, 5.41) is 11.8. The van der Waals surface area contributed by atoms with Crippen LogP contribution in [0.25, 0.3) is 0 Å². The lowest BCUT2D eigenvalue weighted by molar-refractivity contribution is -0.122. The molecule has 7 nitrogen and oxygen atoms in total. The fourth-order valence-corrected chi connectivity index (χ4v) is 3.22. The van der Waals surface area contributed by atoms with Crippen LogP contribution in [0.2, 0.25) is 0 Å². The number of anilines is 2. The van der Waals surface area contributed by atoms with Crippen molar-refractivity contribution >= 4 is 29.2 Å². The second-order valence-corrected chi connectivity index (χ2v) is 6.52. The Morgan fingerprint density at radius 3 is 2.15 bits per heavy atom. The molecule has 2 aromatic carbocycles. The Balaban J connectivity index is 1.73. The van der Waals surface area contributed by atoms with Crippen LogP contribution in [-0.4, -0.2) is 36.0 Å². The molecule has 0 aromatic heterocycles. The lowest BCUT2D eigenvalue weighted by Gasteiger charge is -2.33. The summed E-state index contributed by atoms with van der Waals surface area (Å²) >= 11 is 0. The highest BCUT2D eigenvalue weighted by Crippen LogP contribution is 2.30. The zero-order chi connectivity index (χ0) is 19.4. The van der Waals surface area contributed by atoms with Crippen molar-refractivity contribution in [2.75, 3.05) is 23.3 Å². The van der Waals surface area contributed by atoms with Gasteiger partial charge in [-0.2, -0.15) is 0 Å². The van der Waals surface area contributed by atoms with E-state index < -0.39 is 5.97 Å². The molecule has 4 N–H and O–H groups in total. The number of nitrogens with two attached hydrogens (primary N) is 1. The number of carboxylic acids is 1. The lowest BCUT2D eigenvalue weighted by Crippen LogP contribution is -2.38. The molecule has 7 heteroatoms. The average Bonchev–Trinajstić information content (AvgIpc) is 2.68. The highest BCUT2D eigenvalue weighted by atomic mass is 16.4. The third-order valence-electron chi connectivity index (χ3n) is 4.78. The standard InChI is InChI=1S/C20H21N3O4/c21-18(24)13-9-11-23(12-10-13)17-4-2-1-3-16(17)22-19(25)14-5-7-15(8-6-14)20(26)27/h1-8,13H,9-12H2,(H2,21,24)(H,22,25)(H,26,27). The largest absolute Gasteiger partial charge is 0.478 e. The average molecular weight is 367 g/mol. The van der Waals surface area contributed by atoms with E-state index in [2.05, 4.69) is 10.2 Å². The fourth-order valence-electron chi connectivity index (χ4n) is 3.22. The van der Waals surface area contributed by atoms with Crippen LogP contribution in [0.1, 0.15) is 33.6 Å². The van der Waals surface area contributed by atoms with Gasteiger partial charge in [-0.15, -0.1) is 0 Å². The Morgan fingerprint density at radius 2 is 1.56 bits per heavy atom. The molecule has 0 unspecified atom stereocenters. The topological polar surface area (TPSA) is 113 Å². The molecule has 1 fully saturated rings. The minimum absolute atomic E-state index is 0.101. The van der Waals surface area contributed by atoms with Crippen LogP contribution in [0.3, 0.4) is 0 Å². The van der Waals surface area contributed by atoms with Gasteiger partial charge in [-0.25, -0.2) is 4.79 Å². The van der Waals surface area contributed by atoms with Crippen LogP contribution >= 0.6 is 0 Å². The summed E-state index contributed by atoms with van der Waals surface area (Å²) in [6.45, 7) is 1.38. The number of carboxylic acid groups (broad SMARTS) is 1. The summed E-state index contributed by atoms with van der Waals surface area (Å²) in [7, 11) is 0. The normalized spacial score (nSPS) is 14.6. The van der Waals surface area contributed by atoms with E-state index in [0.717, 1.165) is 5.69 Å².